The van der Waals surface area contributed by atoms with Crippen LogP contribution >= 0.6 is 15.9 Å². The van der Waals surface area contributed by atoms with E-state index in [1.54, 1.807) is 18.2 Å². The molecule has 0 bridgehead atoms. The fourth-order valence-electron chi connectivity index (χ4n) is 2.55. The summed E-state index contributed by atoms with van der Waals surface area (Å²) < 4.78 is 2.80. The van der Waals surface area contributed by atoms with Crippen molar-refractivity contribution in [3.63, 3.8) is 0 Å². The highest BCUT2D eigenvalue weighted by molar-refractivity contribution is 9.10. The SMILES string of the molecule is CC(NC(=O)c1cc(N)ccc1Br)c1nnc2n1CCC2. The average Bonchev–Trinajstić information content (AvgIpc) is 3.03. The number of nitrogens with two attached hydrogens (primary N) is 1. The van der Waals surface area contributed by atoms with Crippen molar-refractivity contribution >= 4 is 27.5 Å². The number of hydrogen-bond donors (Lipinski definition) is 2. The summed E-state index contributed by atoms with van der Waals surface area (Å²) in [5.74, 6) is 1.61. The van der Waals surface area contributed by atoms with Gasteiger partial charge in [-0.1, -0.05) is 0 Å². The number of nitrogens with one attached hydrogen (secondary N) is 1. The minimum atomic E-state index is -0.204. The molecule has 1 unspecified atom stereocenters. The van der Waals surface area contributed by atoms with E-state index in [0.717, 1.165) is 31.0 Å². The number of amides is 1. The van der Waals surface area contributed by atoms with Gasteiger partial charge in [0.1, 0.15) is 5.82 Å². The molecule has 0 spiro atoms. The van der Waals surface area contributed by atoms with Crippen LogP contribution < -0.4 is 11.1 Å². The number of carbonyl (C=O) groups is 1. The third-order valence-corrected chi connectivity index (χ3v) is 4.30. The molecular formula is C14H16BrN5O. The summed E-state index contributed by atoms with van der Waals surface area (Å²) in [5.41, 5.74) is 6.81. The van der Waals surface area contributed by atoms with Crippen LogP contribution in [0, 0.1) is 0 Å². The van der Waals surface area contributed by atoms with Crippen LogP contribution in [0.4, 0.5) is 5.69 Å². The van der Waals surface area contributed by atoms with E-state index >= 15 is 0 Å². The summed E-state index contributed by atoms with van der Waals surface area (Å²) in [6.07, 6.45) is 2.04. The Morgan fingerprint density at radius 3 is 3.10 bits per heavy atom. The van der Waals surface area contributed by atoms with Crippen LogP contribution in [-0.2, 0) is 13.0 Å². The Morgan fingerprint density at radius 2 is 2.29 bits per heavy atom. The third kappa shape index (κ3) is 2.65. The van der Waals surface area contributed by atoms with Crippen molar-refractivity contribution in [2.75, 3.05) is 5.73 Å². The van der Waals surface area contributed by atoms with Gasteiger partial charge < -0.3 is 15.6 Å². The average molecular weight is 350 g/mol. The topological polar surface area (TPSA) is 85.8 Å². The molecular weight excluding hydrogens is 334 g/mol. The van der Waals surface area contributed by atoms with Crippen LogP contribution in [0.15, 0.2) is 22.7 Å². The lowest BCUT2D eigenvalue weighted by molar-refractivity contribution is 0.0937. The van der Waals surface area contributed by atoms with E-state index in [0.29, 0.717) is 15.7 Å². The number of fused-ring (bicyclic) bond motifs is 1. The van der Waals surface area contributed by atoms with Crippen molar-refractivity contribution in [1.82, 2.24) is 20.1 Å². The fourth-order valence-corrected chi connectivity index (χ4v) is 2.98. The number of nitrogens with zero attached hydrogens (tertiary/aromatic N) is 3. The molecule has 0 fully saturated rings. The zero-order valence-electron chi connectivity index (χ0n) is 11.6. The predicted molar refractivity (Wildman–Crippen MR) is 82.8 cm³/mol. The summed E-state index contributed by atoms with van der Waals surface area (Å²) in [4.78, 5) is 12.4. The number of carbonyl (C=O) groups excluding carboxylic acids is 1. The summed E-state index contributed by atoms with van der Waals surface area (Å²) in [7, 11) is 0. The second kappa shape index (κ2) is 5.48. The Hall–Kier alpha value is -1.89. The molecule has 1 atom stereocenters. The van der Waals surface area contributed by atoms with E-state index in [1.807, 2.05) is 6.92 Å². The van der Waals surface area contributed by atoms with Crippen LogP contribution in [0.5, 0.6) is 0 Å². The molecule has 1 aromatic carbocycles. The molecule has 21 heavy (non-hydrogen) atoms. The van der Waals surface area contributed by atoms with Crippen LogP contribution in [0.1, 0.15) is 41.4 Å². The zero-order valence-corrected chi connectivity index (χ0v) is 13.2. The van der Waals surface area contributed by atoms with E-state index in [1.165, 1.54) is 0 Å². The lowest BCUT2D eigenvalue weighted by atomic mass is 10.1. The molecule has 2 aromatic rings. The summed E-state index contributed by atoms with van der Waals surface area (Å²) in [6, 6.07) is 4.96. The number of rotatable bonds is 3. The van der Waals surface area contributed by atoms with E-state index in [4.69, 9.17) is 5.73 Å². The Bertz CT molecular complexity index is 697. The van der Waals surface area contributed by atoms with Crippen LogP contribution in [-0.4, -0.2) is 20.7 Å². The maximum atomic E-state index is 12.4. The number of hydrogen-bond acceptors (Lipinski definition) is 4. The quantitative estimate of drug-likeness (QED) is 0.830. The van der Waals surface area contributed by atoms with Crippen molar-refractivity contribution in [2.24, 2.45) is 0 Å². The maximum Gasteiger partial charge on any atom is 0.253 e. The van der Waals surface area contributed by atoms with Crippen molar-refractivity contribution in [2.45, 2.75) is 32.4 Å². The lowest BCUT2D eigenvalue weighted by Gasteiger charge is -2.14. The van der Waals surface area contributed by atoms with Gasteiger partial charge in [0.05, 0.1) is 11.6 Å². The molecule has 0 radical (unpaired) electrons. The molecule has 1 aliphatic heterocycles. The maximum absolute atomic E-state index is 12.4. The molecule has 7 heteroatoms. The van der Waals surface area contributed by atoms with Crippen molar-refractivity contribution in [3.05, 3.63) is 39.9 Å². The molecule has 1 amide bonds. The molecule has 0 saturated carbocycles. The molecule has 1 aromatic heterocycles. The molecule has 3 N–H and O–H groups in total. The Morgan fingerprint density at radius 1 is 1.48 bits per heavy atom. The van der Waals surface area contributed by atoms with Gasteiger partial charge in [-0.2, -0.15) is 0 Å². The highest BCUT2D eigenvalue weighted by Crippen LogP contribution is 2.22. The first-order chi connectivity index (χ1) is 10.1. The third-order valence-electron chi connectivity index (χ3n) is 3.61. The van der Waals surface area contributed by atoms with Gasteiger partial charge in [-0.25, -0.2) is 0 Å². The summed E-state index contributed by atoms with van der Waals surface area (Å²) >= 11 is 3.37. The van der Waals surface area contributed by atoms with Gasteiger partial charge in [0.2, 0.25) is 0 Å². The van der Waals surface area contributed by atoms with Crippen LogP contribution in [0.2, 0.25) is 0 Å². The second-order valence-corrected chi connectivity index (χ2v) is 6.02. The molecule has 0 saturated heterocycles. The summed E-state index contributed by atoms with van der Waals surface area (Å²) in [6.45, 7) is 2.83. The van der Waals surface area contributed by atoms with Crippen LogP contribution in [0.3, 0.4) is 0 Å². The zero-order chi connectivity index (χ0) is 15.0. The van der Waals surface area contributed by atoms with Gasteiger partial charge in [0, 0.05) is 23.1 Å². The van der Waals surface area contributed by atoms with Gasteiger partial charge in [0.15, 0.2) is 5.82 Å². The van der Waals surface area contributed by atoms with E-state index in [-0.39, 0.29) is 11.9 Å². The van der Waals surface area contributed by atoms with Gasteiger partial charge in [-0.15, -0.1) is 10.2 Å². The van der Waals surface area contributed by atoms with Gasteiger partial charge >= 0.3 is 0 Å². The van der Waals surface area contributed by atoms with E-state index in [2.05, 4.69) is 36.0 Å². The van der Waals surface area contributed by atoms with Crippen molar-refractivity contribution in [1.29, 1.82) is 0 Å². The Balaban J connectivity index is 1.79. The van der Waals surface area contributed by atoms with Gasteiger partial charge in [-0.05, 0) is 47.5 Å². The normalized spacial score (nSPS) is 14.8. The number of aromatic nitrogens is 3. The Labute approximate surface area is 130 Å². The number of aryl methyl sites for hydroxylation is 1. The predicted octanol–water partition coefficient (Wildman–Crippen LogP) is 2.06. The van der Waals surface area contributed by atoms with Crippen molar-refractivity contribution < 1.29 is 4.79 Å². The lowest BCUT2D eigenvalue weighted by Crippen LogP contribution is -2.29. The monoisotopic (exact) mass is 349 g/mol. The molecule has 0 aliphatic carbocycles. The smallest absolute Gasteiger partial charge is 0.253 e. The van der Waals surface area contributed by atoms with Gasteiger partial charge in [0.25, 0.3) is 5.91 Å². The highest BCUT2D eigenvalue weighted by atomic mass is 79.9. The van der Waals surface area contributed by atoms with Crippen molar-refractivity contribution in [3.8, 4) is 0 Å². The molecule has 3 rings (SSSR count). The first-order valence-corrected chi connectivity index (χ1v) is 7.63. The largest absolute Gasteiger partial charge is 0.399 e. The van der Waals surface area contributed by atoms with E-state index in [9.17, 15) is 4.79 Å². The molecule has 2 heterocycles. The molecule has 110 valence electrons. The molecule has 6 nitrogen and oxygen atoms in total. The van der Waals surface area contributed by atoms with Gasteiger partial charge in [-0.3, -0.25) is 4.79 Å². The standard InChI is InChI=1S/C14H16BrN5O/c1-8(13-19-18-12-3-2-6-20(12)13)17-14(21)10-7-9(16)4-5-11(10)15/h4-5,7-8H,2-3,6,16H2,1H3,(H,17,21). The highest BCUT2D eigenvalue weighted by Gasteiger charge is 2.23. The minimum absolute atomic E-state index is 0.183. The number of anilines is 1. The van der Waals surface area contributed by atoms with E-state index < -0.39 is 0 Å². The summed E-state index contributed by atoms with van der Waals surface area (Å²) in [5, 5.41) is 11.3. The minimum Gasteiger partial charge on any atom is -0.399 e. The number of benzene rings is 1. The second-order valence-electron chi connectivity index (χ2n) is 5.16. The fraction of sp³-hybridized carbons (Fsp3) is 0.357. The number of halogens is 1. The Kier molecular flexibility index (Phi) is 3.67. The first-order valence-electron chi connectivity index (χ1n) is 6.84. The number of nitrogen functional groups attached to an aromatic ring is 1. The molecule has 1 aliphatic rings. The van der Waals surface area contributed by atoms with Crippen LogP contribution in [0.25, 0.3) is 0 Å². The first kappa shape index (κ1) is 14.1.